The molecule has 106 valence electrons. The van der Waals surface area contributed by atoms with E-state index in [4.69, 9.17) is 46.4 Å². The van der Waals surface area contributed by atoms with Crippen LogP contribution in [0.1, 0.15) is 0 Å². The van der Waals surface area contributed by atoms with Crippen molar-refractivity contribution in [3.8, 4) is 11.1 Å². The molecule has 0 saturated carbocycles. The molecule has 2 rings (SSSR count). The summed E-state index contributed by atoms with van der Waals surface area (Å²) < 4.78 is 23.5. The Labute approximate surface area is 137 Å². The van der Waals surface area contributed by atoms with Crippen LogP contribution in [0.5, 0.6) is 0 Å². The van der Waals surface area contributed by atoms with E-state index in [1.165, 1.54) is 6.07 Å². The molecule has 0 aromatic heterocycles. The summed E-state index contributed by atoms with van der Waals surface area (Å²) in [7, 11) is -3.50. The number of benzene rings is 2. The Kier molecular flexibility index (Phi) is 4.57. The lowest BCUT2D eigenvalue weighted by molar-refractivity contribution is 0.602. The average Bonchev–Trinajstić information content (AvgIpc) is 2.34. The molecule has 0 unspecified atom stereocenters. The lowest BCUT2D eigenvalue weighted by Crippen LogP contribution is -1.99. The van der Waals surface area contributed by atoms with Gasteiger partial charge in [-0.15, -0.1) is 0 Å². The Morgan fingerprint density at radius 1 is 0.900 bits per heavy atom. The van der Waals surface area contributed by atoms with E-state index in [1.807, 2.05) is 0 Å². The first-order chi connectivity index (χ1) is 9.21. The van der Waals surface area contributed by atoms with Crippen molar-refractivity contribution in [1.82, 2.24) is 0 Å². The number of halogens is 4. The number of hydrogen-bond donors (Lipinski definition) is 0. The second-order valence-electron chi connectivity index (χ2n) is 4.14. The molecular weight excluding hydrogens is 362 g/mol. The molecule has 0 fully saturated rings. The predicted octanol–water partition coefficient (Wildman–Crippen LogP) is 5.37. The van der Waals surface area contributed by atoms with Crippen molar-refractivity contribution >= 4 is 56.2 Å². The molecule has 0 saturated heterocycles. The summed E-state index contributed by atoms with van der Waals surface area (Å²) in [5, 5.41) is 0.833. The van der Waals surface area contributed by atoms with E-state index in [0.717, 1.165) is 6.26 Å². The van der Waals surface area contributed by atoms with E-state index >= 15 is 0 Å². The average molecular weight is 370 g/mol. The van der Waals surface area contributed by atoms with Crippen LogP contribution in [0.15, 0.2) is 35.2 Å². The van der Waals surface area contributed by atoms with Crippen LogP contribution < -0.4 is 0 Å². The molecule has 0 aliphatic carbocycles. The zero-order chi connectivity index (χ0) is 15.1. The standard InChI is InChI=1S/C13H8Cl4O2S/c1-20(18,19)11-6-7(5-10(15)13(11)17)8-3-2-4-9(14)12(8)16/h2-6H,1H3. The van der Waals surface area contributed by atoms with Crippen LogP contribution >= 0.6 is 46.4 Å². The minimum Gasteiger partial charge on any atom is -0.224 e. The highest BCUT2D eigenvalue weighted by molar-refractivity contribution is 7.90. The highest BCUT2D eigenvalue weighted by atomic mass is 35.5. The molecule has 0 spiro atoms. The smallest absolute Gasteiger partial charge is 0.177 e. The third-order valence-electron chi connectivity index (χ3n) is 2.66. The minimum absolute atomic E-state index is 0.00364. The van der Waals surface area contributed by atoms with Crippen LogP contribution in [0, 0.1) is 0 Å². The first-order valence-corrected chi connectivity index (χ1v) is 8.75. The van der Waals surface area contributed by atoms with E-state index in [-0.39, 0.29) is 14.9 Å². The van der Waals surface area contributed by atoms with Gasteiger partial charge in [-0.2, -0.15) is 0 Å². The second-order valence-corrected chi connectivity index (χ2v) is 7.70. The number of rotatable bonds is 2. The van der Waals surface area contributed by atoms with Crippen molar-refractivity contribution < 1.29 is 8.42 Å². The maximum atomic E-state index is 11.7. The summed E-state index contributed by atoms with van der Waals surface area (Å²) in [6.45, 7) is 0. The highest BCUT2D eigenvalue weighted by Crippen LogP contribution is 2.39. The maximum absolute atomic E-state index is 11.7. The van der Waals surface area contributed by atoms with Crippen molar-refractivity contribution in [1.29, 1.82) is 0 Å². The molecule has 0 atom stereocenters. The lowest BCUT2D eigenvalue weighted by atomic mass is 10.1. The van der Waals surface area contributed by atoms with Crippen molar-refractivity contribution in [2.75, 3.05) is 6.26 Å². The van der Waals surface area contributed by atoms with Gasteiger partial charge in [0.05, 0.1) is 25.0 Å². The Morgan fingerprint density at radius 3 is 2.15 bits per heavy atom. The molecule has 7 heteroatoms. The van der Waals surface area contributed by atoms with E-state index in [0.29, 0.717) is 21.2 Å². The molecule has 2 aromatic carbocycles. The van der Waals surface area contributed by atoms with E-state index in [2.05, 4.69) is 0 Å². The summed E-state index contributed by atoms with van der Waals surface area (Å²) in [6.07, 6.45) is 1.06. The molecule has 0 aliphatic heterocycles. The minimum atomic E-state index is -3.50. The lowest BCUT2D eigenvalue weighted by Gasteiger charge is -2.10. The molecule has 0 radical (unpaired) electrons. The van der Waals surface area contributed by atoms with Crippen molar-refractivity contribution in [3.63, 3.8) is 0 Å². The third-order valence-corrected chi connectivity index (χ3v) is 5.51. The van der Waals surface area contributed by atoms with Gasteiger partial charge in [-0.05, 0) is 23.8 Å². The first-order valence-electron chi connectivity index (χ1n) is 5.35. The second kappa shape index (κ2) is 5.74. The Morgan fingerprint density at radius 2 is 1.55 bits per heavy atom. The Balaban J connectivity index is 2.77. The molecule has 0 heterocycles. The summed E-state index contributed by atoms with van der Waals surface area (Å²) in [4.78, 5) is -0.0438. The van der Waals surface area contributed by atoms with Gasteiger partial charge in [0.1, 0.15) is 0 Å². The van der Waals surface area contributed by atoms with Gasteiger partial charge in [-0.1, -0.05) is 58.5 Å². The Hall–Kier alpha value is -0.450. The fraction of sp³-hybridized carbons (Fsp3) is 0.0769. The topological polar surface area (TPSA) is 34.1 Å². The van der Waals surface area contributed by atoms with Crippen LogP contribution in [-0.4, -0.2) is 14.7 Å². The van der Waals surface area contributed by atoms with Crippen LogP contribution in [-0.2, 0) is 9.84 Å². The molecule has 0 bridgehead atoms. The van der Waals surface area contributed by atoms with E-state index in [9.17, 15) is 8.42 Å². The molecule has 0 aliphatic rings. The van der Waals surface area contributed by atoms with Crippen molar-refractivity contribution in [2.24, 2.45) is 0 Å². The van der Waals surface area contributed by atoms with Gasteiger partial charge in [-0.25, -0.2) is 8.42 Å². The largest absolute Gasteiger partial charge is 0.224 e. The summed E-state index contributed by atoms with van der Waals surface area (Å²) in [5.41, 5.74) is 1.12. The normalized spacial score (nSPS) is 11.7. The fourth-order valence-corrected chi connectivity index (χ4v) is 3.71. The van der Waals surface area contributed by atoms with E-state index < -0.39 is 9.84 Å². The molecular formula is C13H8Cl4O2S. The molecule has 0 amide bonds. The SMILES string of the molecule is CS(=O)(=O)c1cc(-c2cccc(Cl)c2Cl)cc(Cl)c1Cl. The summed E-state index contributed by atoms with van der Waals surface area (Å²) >= 11 is 24.0. The van der Waals surface area contributed by atoms with E-state index in [1.54, 1.807) is 24.3 Å². The van der Waals surface area contributed by atoms with Crippen LogP contribution in [0.4, 0.5) is 0 Å². The van der Waals surface area contributed by atoms with Gasteiger partial charge in [0.2, 0.25) is 0 Å². The van der Waals surface area contributed by atoms with Gasteiger partial charge < -0.3 is 0 Å². The van der Waals surface area contributed by atoms with Crippen LogP contribution in [0.25, 0.3) is 11.1 Å². The monoisotopic (exact) mass is 368 g/mol. The number of sulfone groups is 1. The zero-order valence-corrected chi connectivity index (χ0v) is 14.0. The first kappa shape index (κ1) is 15.9. The van der Waals surface area contributed by atoms with Crippen LogP contribution in [0.2, 0.25) is 20.1 Å². The molecule has 2 aromatic rings. The maximum Gasteiger partial charge on any atom is 0.177 e. The quantitative estimate of drug-likeness (QED) is 0.712. The summed E-state index contributed by atoms with van der Waals surface area (Å²) in [5.74, 6) is 0. The molecule has 2 nitrogen and oxygen atoms in total. The summed E-state index contributed by atoms with van der Waals surface area (Å²) in [6, 6.07) is 8.06. The molecule has 20 heavy (non-hydrogen) atoms. The van der Waals surface area contributed by atoms with Crippen LogP contribution in [0.3, 0.4) is 0 Å². The van der Waals surface area contributed by atoms with Crippen molar-refractivity contribution in [2.45, 2.75) is 4.90 Å². The zero-order valence-electron chi connectivity index (χ0n) is 10.1. The highest BCUT2D eigenvalue weighted by Gasteiger charge is 2.18. The predicted molar refractivity (Wildman–Crippen MR) is 85.0 cm³/mol. The fourth-order valence-electron chi connectivity index (χ4n) is 1.72. The third kappa shape index (κ3) is 3.07. The Bertz CT molecular complexity index is 785. The van der Waals surface area contributed by atoms with Gasteiger partial charge >= 0.3 is 0 Å². The van der Waals surface area contributed by atoms with Crippen molar-refractivity contribution in [3.05, 3.63) is 50.4 Å². The molecule has 0 N–H and O–H groups in total. The van der Waals surface area contributed by atoms with Gasteiger partial charge in [0.15, 0.2) is 9.84 Å². The van der Waals surface area contributed by atoms with Gasteiger partial charge in [0.25, 0.3) is 0 Å². The van der Waals surface area contributed by atoms with Gasteiger partial charge in [-0.3, -0.25) is 0 Å². The van der Waals surface area contributed by atoms with Gasteiger partial charge in [0, 0.05) is 11.8 Å². The number of hydrogen-bond acceptors (Lipinski definition) is 2.